The van der Waals surface area contributed by atoms with Gasteiger partial charge in [-0.2, -0.15) is 5.10 Å². The first-order valence-electron chi connectivity index (χ1n) is 6.02. The highest BCUT2D eigenvalue weighted by Gasteiger charge is 2.13. The van der Waals surface area contributed by atoms with E-state index in [1.165, 1.54) is 0 Å². The molecule has 0 bridgehead atoms. The van der Waals surface area contributed by atoms with Crippen LogP contribution in [0.15, 0.2) is 30.5 Å². The Morgan fingerprint density at radius 1 is 1.20 bits per heavy atom. The largest absolute Gasteiger partial charge is 0.486 e. The van der Waals surface area contributed by atoms with E-state index in [4.69, 9.17) is 27.4 Å². The summed E-state index contributed by atoms with van der Waals surface area (Å²) in [7, 11) is 0. The van der Waals surface area contributed by atoms with Gasteiger partial charge in [-0.3, -0.25) is 0 Å². The van der Waals surface area contributed by atoms with E-state index in [1.807, 2.05) is 18.2 Å². The van der Waals surface area contributed by atoms with Crippen LogP contribution in [-0.4, -0.2) is 28.4 Å². The smallest absolute Gasteiger partial charge is 0.163 e. The Kier molecular flexibility index (Phi) is 3.34. The monoisotopic (exact) mass is 288 g/mol. The summed E-state index contributed by atoms with van der Waals surface area (Å²) < 4.78 is 11.0. The molecule has 0 spiro atoms. The number of hydrogen-bond acceptors (Lipinski definition) is 6. The molecule has 0 atom stereocenters. The van der Waals surface area contributed by atoms with E-state index in [0.29, 0.717) is 30.3 Å². The molecule has 20 heavy (non-hydrogen) atoms. The van der Waals surface area contributed by atoms with Crippen molar-refractivity contribution < 1.29 is 9.47 Å². The van der Waals surface area contributed by atoms with Gasteiger partial charge in [-0.15, -0.1) is 5.10 Å². The molecule has 2 heterocycles. The average molecular weight is 288 g/mol. The predicted molar refractivity (Wildman–Crippen MR) is 78.6 cm³/mol. The zero-order valence-corrected chi connectivity index (χ0v) is 11.3. The Balaban J connectivity index is 1.90. The third kappa shape index (κ3) is 2.48. The van der Waals surface area contributed by atoms with Crippen LogP contribution < -0.4 is 20.5 Å². The maximum atomic E-state index is 5.66. The van der Waals surface area contributed by atoms with Crippen molar-refractivity contribution in [2.45, 2.75) is 0 Å². The van der Waals surface area contributed by atoms with Gasteiger partial charge >= 0.3 is 0 Å². The van der Waals surface area contributed by atoms with Crippen molar-refractivity contribution in [1.82, 2.24) is 10.2 Å². The number of ether oxygens (including phenoxy) is 2. The van der Waals surface area contributed by atoms with Gasteiger partial charge in [-0.25, -0.2) is 0 Å². The number of nitrogens with zero attached hydrogens (tertiary/aromatic N) is 2. The average Bonchev–Trinajstić information content (AvgIpc) is 2.47. The van der Waals surface area contributed by atoms with E-state index in [1.54, 1.807) is 12.3 Å². The molecule has 0 unspecified atom stereocenters. The lowest BCUT2D eigenvalue weighted by molar-refractivity contribution is 0.171. The summed E-state index contributed by atoms with van der Waals surface area (Å²) in [6.45, 7) is 1.11. The van der Waals surface area contributed by atoms with Crippen molar-refractivity contribution in [3.8, 4) is 11.5 Å². The second-order valence-electron chi connectivity index (χ2n) is 4.14. The summed E-state index contributed by atoms with van der Waals surface area (Å²) in [5.74, 6) is 1.94. The fourth-order valence-electron chi connectivity index (χ4n) is 1.88. The summed E-state index contributed by atoms with van der Waals surface area (Å²) in [6, 6.07) is 7.27. The number of benzene rings is 1. The van der Waals surface area contributed by atoms with Gasteiger partial charge in [0, 0.05) is 11.8 Å². The number of hydrogen-bond donors (Lipinski definition) is 2. The number of rotatable bonds is 3. The standard InChI is InChI=1S/C13H12N4O2S/c14-12(20)9-3-4-15-17-13(9)16-8-1-2-10-11(7-8)19-6-5-18-10/h1-4,7H,5-6H2,(H2,14,20)(H,16,17). The van der Waals surface area contributed by atoms with Gasteiger partial charge in [-0.1, -0.05) is 12.2 Å². The van der Waals surface area contributed by atoms with Gasteiger partial charge in [0.2, 0.25) is 0 Å². The zero-order valence-electron chi connectivity index (χ0n) is 10.5. The number of anilines is 2. The highest BCUT2D eigenvalue weighted by atomic mass is 32.1. The quantitative estimate of drug-likeness (QED) is 0.830. The molecule has 7 heteroatoms. The van der Waals surface area contributed by atoms with E-state index in [-0.39, 0.29) is 4.99 Å². The molecule has 0 saturated heterocycles. The minimum Gasteiger partial charge on any atom is -0.486 e. The first kappa shape index (κ1) is 12.6. The second-order valence-corrected chi connectivity index (χ2v) is 4.58. The molecule has 0 saturated carbocycles. The third-order valence-electron chi connectivity index (χ3n) is 2.79. The first-order valence-corrected chi connectivity index (χ1v) is 6.43. The van der Waals surface area contributed by atoms with E-state index in [2.05, 4.69) is 15.5 Å². The Hall–Kier alpha value is -2.41. The minimum absolute atomic E-state index is 0.264. The number of nitrogens with one attached hydrogen (secondary N) is 1. The molecule has 2 aromatic rings. The number of aromatic nitrogens is 2. The van der Waals surface area contributed by atoms with Crippen LogP contribution in [0, 0.1) is 0 Å². The van der Waals surface area contributed by atoms with Crippen LogP contribution in [0.5, 0.6) is 11.5 Å². The van der Waals surface area contributed by atoms with Crippen molar-refractivity contribution in [1.29, 1.82) is 0 Å². The van der Waals surface area contributed by atoms with Gasteiger partial charge in [0.1, 0.15) is 18.2 Å². The molecule has 1 aromatic carbocycles. The molecule has 0 aliphatic carbocycles. The molecule has 3 rings (SSSR count). The minimum atomic E-state index is 0.264. The number of fused-ring (bicyclic) bond motifs is 1. The summed E-state index contributed by atoms with van der Waals surface area (Å²) in [4.78, 5) is 0.264. The van der Waals surface area contributed by atoms with Gasteiger partial charge in [-0.05, 0) is 18.2 Å². The van der Waals surface area contributed by atoms with Gasteiger partial charge in [0.15, 0.2) is 17.3 Å². The fraction of sp³-hybridized carbons (Fsp3) is 0.154. The molecular formula is C13H12N4O2S. The summed E-state index contributed by atoms with van der Waals surface area (Å²) in [6.07, 6.45) is 1.55. The van der Waals surface area contributed by atoms with Crippen LogP contribution in [0.3, 0.4) is 0 Å². The lowest BCUT2D eigenvalue weighted by atomic mass is 10.2. The van der Waals surface area contributed by atoms with Crippen LogP contribution in [-0.2, 0) is 0 Å². The van der Waals surface area contributed by atoms with Crippen molar-refractivity contribution in [3.05, 3.63) is 36.0 Å². The lowest BCUT2D eigenvalue weighted by Crippen LogP contribution is -2.15. The lowest BCUT2D eigenvalue weighted by Gasteiger charge is -2.19. The van der Waals surface area contributed by atoms with Gasteiger partial charge in [0.05, 0.1) is 11.8 Å². The molecule has 0 radical (unpaired) electrons. The Morgan fingerprint density at radius 2 is 2.00 bits per heavy atom. The maximum absolute atomic E-state index is 5.66. The van der Waals surface area contributed by atoms with E-state index in [0.717, 1.165) is 11.4 Å². The van der Waals surface area contributed by atoms with Crippen molar-refractivity contribution in [3.63, 3.8) is 0 Å². The van der Waals surface area contributed by atoms with Crippen molar-refractivity contribution in [2.24, 2.45) is 5.73 Å². The van der Waals surface area contributed by atoms with Gasteiger partial charge in [0.25, 0.3) is 0 Å². The molecule has 1 aromatic heterocycles. The number of nitrogens with two attached hydrogens (primary N) is 1. The predicted octanol–water partition coefficient (Wildman–Crippen LogP) is 1.63. The highest BCUT2D eigenvalue weighted by Crippen LogP contribution is 2.33. The molecule has 102 valence electrons. The highest BCUT2D eigenvalue weighted by molar-refractivity contribution is 7.80. The number of thiocarbonyl (C=S) groups is 1. The zero-order chi connectivity index (χ0) is 13.9. The Morgan fingerprint density at radius 3 is 2.80 bits per heavy atom. The van der Waals surface area contributed by atoms with Crippen LogP contribution in [0.25, 0.3) is 0 Å². The molecular weight excluding hydrogens is 276 g/mol. The summed E-state index contributed by atoms with van der Waals surface area (Å²) >= 11 is 4.99. The summed E-state index contributed by atoms with van der Waals surface area (Å²) in [5, 5.41) is 11.0. The van der Waals surface area contributed by atoms with Crippen molar-refractivity contribution >= 4 is 28.7 Å². The van der Waals surface area contributed by atoms with Crippen LogP contribution in [0.4, 0.5) is 11.5 Å². The molecule has 0 fully saturated rings. The fourth-order valence-corrected chi connectivity index (χ4v) is 2.05. The van der Waals surface area contributed by atoms with Crippen LogP contribution >= 0.6 is 12.2 Å². The molecule has 6 nitrogen and oxygen atoms in total. The van der Waals surface area contributed by atoms with Crippen LogP contribution in [0.1, 0.15) is 5.56 Å². The SMILES string of the molecule is NC(=S)c1ccnnc1Nc1ccc2c(c1)OCCO2. The molecule has 1 aliphatic rings. The van der Waals surface area contributed by atoms with E-state index >= 15 is 0 Å². The maximum Gasteiger partial charge on any atom is 0.163 e. The van der Waals surface area contributed by atoms with Gasteiger partial charge < -0.3 is 20.5 Å². The molecule has 1 aliphatic heterocycles. The van der Waals surface area contributed by atoms with Crippen LogP contribution in [0.2, 0.25) is 0 Å². The Labute approximate surface area is 120 Å². The first-order chi connectivity index (χ1) is 9.74. The Bertz CT molecular complexity index is 663. The molecule has 0 amide bonds. The van der Waals surface area contributed by atoms with Crippen molar-refractivity contribution in [2.75, 3.05) is 18.5 Å². The van der Waals surface area contributed by atoms with E-state index < -0.39 is 0 Å². The van der Waals surface area contributed by atoms with E-state index in [9.17, 15) is 0 Å². The normalized spacial score (nSPS) is 12.8. The summed E-state index contributed by atoms with van der Waals surface area (Å²) in [5.41, 5.74) is 7.10. The third-order valence-corrected chi connectivity index (χ3v) is 3.01. The molecule has 3 N–H and O–H groups in total. The second kappa shape index (κ2) is 5.30. The topological polar surface area (TPSA) is 82.3 Å².